The van der Waals surface area contributed by atoms with Gasteiger partial charge in [0.25, 0.3) is 0 Å². The highest BCUT2D eigenvalue weighted by molar-refractivity contribution is 9.10. The zero-order valence-corrected chi connectivity index (χ0v) is 12.3. The van der Waals surface area contributed by atoms with Crippen LogP contribution in [0.15, 0.2) is 59.1 Å². The number of para-hydroxylation sites is 1. The molecule has 0 aliphatic rings. The first kappa shape index (κ1) is 13.1. The van der Waals surface area contributed by atoms with Gasteiger partial charge in [-0.2, -0.15) is 0 Å². The van der Waals surface area contributed by atoms with Crippen LogP contribution in [-0.2, 0) is 0 Å². The molecule has 0 spiro atoms. The molecule has 0 radical (unpaired) electrons. The van der Waals surface area contributed by atoms with Gasteiger partial charge < -0.3 is 10.2 Å². The average Bonchev–Trinajstić information content (AvgIpc) is 2.39. The lowest BCUT2D eigenvalue weighted by Gasteiger charge is -2.21. The summed E-state index contributed by atoms with van der Waals surface area (Å²) < 4.78 is 1.03. The van der Waals surface area contributed by atoms with Crippen molar-refractivity contribution in [1.29, 1.82) is 0 Å². The monoisotopic (exact) mass is 320 g/mol. The molecule has 0 aliphatic heterocycles. The van der Waals surface area contributed by atoms with E-state index < -0.39 is 0 Å². The van der Waals surface area contributed by atoms with Gasteiger partial charge >= 0.3 is 0 Å². The van der Waals surface area contributed by atoms with Crippen molar-refractivity contribution in [3.05, 3.63) is 59.1 Å². The summed E-state index contributed by atoms with van der Waals surface area (Å²) in [5, 5.41) is 3.87. The Morgan fingerprint density at radius 1 is 1.11 bits per heavy atom. The second-order valence-electron chi connectivity index (χ2n) is 3.84. The van der Waals surface area contributed by atoms with E-state index in [0.717, 1.165) is 15.8 Å². The first-order valence-electron chi connectivity index (χ1n) is 5.52. The number of hydrogen-bond donors (Lipinski definition) is 1. The predicted molar refractivity (Wildman–Crippen MR) is 85.2 cm³/mol. The normalized spacial score (nSPS) is 9.89. The molecule has 4 heteroatoms. The van der Waals surface area contributed by atoms with E-state index in [1.165, 1.54) is 0 Å². The Kier molecular flexibility index (Phi) is 4.33. The van der Waals surface area contributed by atoms with Crippen LogP contribution in [0.2, 0.25) is 0 Å². The second kappa shape index (κ2) is 5.98. The highest BCUT2D eigenvalue weighted by atomic mass is 79.9. The SMILES string of the molecule is CN(C(=S)Nc1cccc(Br)c1)c1ccccc1. The first-order valence-corrected chi connectivity index (χ1v) is 6.72. The Bertz CT molecular complexity index is 543. The Hall–Kier alpha value is -1.39. The van der Waals surface area contributed by atoms with E-state index in [-0.39, 0.29) is 0 Å². The van der Waals surface area contributed by atoms with Crippen LogP contribution in [-0.4, -0.2) is 12.2 Å². The minimum absolute atomic E-state index is 0.666. The van der Waals surface area contributed by atoms with E-state index in [1.807, 2.05) is 66.5 Å². The largest absolute Gasteiger partial charge is 0.332 e. The Labute approximate surface area is 121 Å². The lowest BCUT2D eigenvalue weighted by Crippen LogP contribution is -2.30. The maximum absolute atomic E-state index is 5.38. The number of anilines is 2. The van der Waals surface area contributed by atoms with E-state index in [2.05, 4.69) is 21.2 Å². The van der Waals surface area contributed by atoms with Gasteiger partial charge in [-0.3, -0.25) is 0 Å². The molecule has 0 amide bonds. The third kappa shape index (κ3) is 3.31. The van der Waals surface area contributed by atoms with Gasteiger partial charge in [-0.1, -0.05) is 40.2 Å². The molecular formula is C14H13BrN2S. The second-order valence-corrected chi connectivity index (χ2v) is 5.14. The lowest BCUT2D eigenvalue weighted by atomic mass is 10.3. The van der Waals surface area contributed by atoms with Crippen molar-refractivity contribution in [2.75, 3.05) is 17.3 Å². The van der Waals surface area contributed by atoms with Crippen LogP contribution in [0.1, 0.15) is 0 Å². The van der Waals surface area contributed by atoms with Crippen molar-refractivity contribution >= 4 is 44.6 Å². The molecule has 0 saturated carbocycles. The maximum Gasteiger partial charge on any atom is 0.177 e. The molecule has 2 aromatic carbocycles. The highest BCUT2D eigenvalue weighted by Crippen LogP contribution is 2.17. The van der Waals surface area contributed by atoms with Crippen LogP contribution in [0.5, 0.6) is 0 Å². The molecule has 0 fully saturated rings. The number of nitrogens with one attached hydrogen (secondary N) is 1. The fraction of sp³-hybridized carbons (Fsp3) is 0.0714. The summed E-state index contributed by atoms with van der Waals surface area (Å²) in [7, 11) is 1.95. The maximum atomic E-state index is 5.38. The van der Waals surface area contributed by atoms with Crippen molar-refractivity contribution < 1.29 is 0 Å². The molecule has 0 aromatic heterocycles. The van der Waals surface area contributed by atoms with E-state index in [0.29, 0.717) is 5.11 Å². The molecule has 18 heavy (non-hydrogen) atoms. The van der Waals surface area contributed by atoms with Crippen molar-refractivity contribution in [3.63, 3.8) is 0 Å². The Morgan fingerprint density at radius 3 is 2.50 bits per heavy atom. The lowest BCUT2D eigenvalue weighted by molar-refractivity contribution is 1.28. The molecule has 0 aliphatic carbocycles. The van der Waals surface area contributed by atoms with Crippen LogP contribution in [0.3, 0.4) is 0 Å². The summed E-state index contributed by atoms with van der Waals surface area (Å²) in [6, 6.07) is 17.9. The molecule has 2 aromatic rings. The van der Waals surface area contributed by atoms with E-state index in [4.69, 9.17) is 12.2 Å². The number of halogens is 1. The van der Waals surface area contributed by atoms with Crippen molar-refractivity contribution in [3.8, 4) is 0 Å². The minimum Gasteiger partial charge on any atom is -0.332 e. The van der Waals surface area contributed by atoms with Gasteiger partial charge in [0.15, 0.2) is 5.11 Å². The molecule has 92 valence electrons. The van der Waals surface area contributed by atoms with Gasteiger partial charge in [0.1, 0.15) is 0 Å². The fourth-order valence-corrected chi connectivity index (χ4v) is 2.16. The molecule has 0 saturated heterocycles. The van der Waals surface area contributed by atoms with Gasteiger partial charge in [-0.05, 0) is 42.5 Å². The van der Waals surface area contributed by atoms with Crippen molar-refractivity contribution in [1.82, 2.24) is 0 Å². The van der Waals surface area contributed by atoms with Crippen molar-refractivity contribution in [2.45, 2.75) is 0 Å². The van der Waals surface area contributed by atoms with Crippen LogP contribution in [0.25, 0.3) is 0 Å². The summed E-state index contributed by atoms with van der Waals surface area (Å²) in [4.78, 5) is 1.94. The number of rotatable bonds is 2. The number of hydrogen-bond acceptors (Lipinski definition) is 1. The summed E-state index contributed by atoms with van der Waals surface area (Å²) in [6.07, 6.45) is 0. The number of nitrogens with zero attached hydrogens (tertiary/aromatic N) is 1. The van der Waals surface area contributed by atoms with Gasteiger partial charge in [-0.25, -0.2) is 0 Å². The molecule has 1 N–H and O–H groups in total. The summed E-state index contributed by atoms with van der Waals surface area (Å²) >= 11 is 8.82. The number of benzene rings is 2. The minimum atomic E-state index is 0.666. The first-order chi connectivity index (χ1) is 8.66. The molecule has 0 atom stereocenters. The summed E-state index contributed by atoms with van der Waals surface area (Å²) in [6.45, 7) is 0. The molecule has 0 bridgehead atoms. The van der Waals surface area contributed by atoms with Crippen LogP contribution in [0.4, 0.5) is 11.4 Å². The van der Waals surface area contributed by atoms with Gasteiger partial charge in [0.05, 0.1) is 0 Å². The van der Waals surface area contributed by atoms with Gasteiger partial charge in [0, 0.05) is 22.9 Å². The summed E-state index contributed by atoms with van der Waals surface area (Å²) in [5.41, 5.74) is 2.03. The average molecular weight is 321 g/mol. The van der Waals surface area contributed by atoms with Crippen molar-refractivity contribution in [2.24, 2.45) is 0 Å². The third-order valence-electron chi connectivity index (χ3n) is 2.52. The predicted octanol–water partition coefficient (Wildman–Crippen LogP) is 4.28. The van der Waals surface area contributed by atoms with Gasteiger partial charge in [0.2, 0.25) is 0 Å². The van der Waals surface area contributed by atoms with Gasteiger partial charge in [-0.15, -0.1) is 0 Å². The third-order valence-corrected chi connectivity index (χ3v) is 3.39. The number of thiocarbonyl (C=S) groups is 1. The van der Waals surface area contributed by atoms with Crippen LogP contribution >= 0.6 is 28.1 Å². The quantitative estimate of drug-likeness (QED) is 0.831. The molecule has 0 heterocycles. The highest BCUT2D eigenvalue weighted by Gasteiger charge is 2.06. The smallest absolute Gasteiger partial charge is 0.177 e. The topological polar surface area (TPSA) is 15.3 Å². The molecular weight excluding hydrogens is 308 g/mol. The zero-order valence-electron chi connectivity index (χ0n) is 9.93. The fourth-order valence-electron chi connectivity index (χ4n) is 1.54. The standard InChI is InChI=1S/C14H13BrN2S/c1-17(13-8-3-2-4-9-13)14(18)16-12-7-5-6-11(15)10-12/h2-10H,1H3,(H,16,18). The Balaban J connectivity index is 2.09. The zero-order chi connectivity index (χ0) is 13.0. The van der Waals surface area contributed by atoms with E-state index in [1.54, 1.807) is 0 Å². The Morgan fingerprint density at radius 2 is 1.83 bits per heavy atom. The molecule has 0 unspecified atom stereocenters. The van der Waals surface area contributed by atoms with Crippen LogP contribution < -0.4 is 10.2 Å². The molecule has 2 nitrogen and oxygen atoms in total. The van der Waals surface area contributed by atoms with E-state index >= 15 is 0 Å². The summed E-state index contributed by atoms with van der Waals surface area (Å²) in [5.74, 6) is 0. The van der Waals surface area contributed by atoms with Crippen LogP contribution in [0, 0.1) is 0 Å². The molecule has 2 rings (SSSR count). The van der Waals surface area contributed by atoms with E-state index in [9.17, 15) is 0 Å².